The molecular weight excluding hydrogens is 403 g/mol. The Hall–Kier alpha value is -2.95. The fourth-order valence-corrected chi connectivity index (χ4v) is 3.21. The first-order chi connectivity index (χ1) is 15.6. The maximum absolute atomic E-state index is 14.0. The van der Waals surface area contributed by atoms with Gasteiger partial charge < -0.3 is 9.47 Å². The smallest absolute Gasteiger partial charge is 0.159 e. The van der Waals surface area contributed by atoms with Crippen LogP contribution >= 0.6 is 0 Å². The minimum atomic E-state index is -0.961. The molecule has 0 radical (unpaired) electrons. The van der Waals surface area contributed by atoms with Crippen molar-refractivity contribution in [1.82, 2.24) is 9.97 Å². The second kappa shape index (κ2) is 12.2. The molecule has 2 unspecified atom stereocenters. The summed E-state index contributed by atoms with van der Waals surface area (Å²) in [4.78, 5) is 9.03. The SMILES string of the molecule is CCCCCOc1ccc(-c2cnc(-c3ccc(OCC(F)C(C)CC)cc3)nc2)cc1. The van der Waals surface area contributed by atoms with Crippen LogP contribution in [0, 0.1) is 5.92 Å². The highest BCUT2D eigenvalue weighted by molar-refractivity contribution is 5.64. The van der Waals surface area contributed by atoms with Gasteiger partial charge in [-0.25, -0.2) is 14.4 Å². The molecule has 32 heavy (non-hydrogen) atoms. The van der Waals surface area contributed by atoms with Crippen molar-refractivity contribution in [2.24, 2.45) is 5.92 Å². The fourth-order valence-electron chi connectivity index (χ4n) is 3.21. The van der Waals surface area contributed by atoms with Crippen molar-refractivity contribution < 1.29 is 13.9 Å². The molecule has 0 bridgehead atoms. The van der Waals surface area contributed by atoms with Crippen molar-refractivity contribution in [3.8, 4) is 34.0 Å². The number of aromatic nitrogens is 2. The molecule has 3 aromatic rings. The number of ether oxygens (including phenoxy) is 2. The topological polar surface area (TPSA) is 44.2 Å². The monoisotopic (exact) mass is 436 g/mol. The fraction of sp³-hybridized carbons (Fsp3) is 0.407. The minimum Gasteiger partial charge on any atom is -0.494 e. The summed E-state index contributed by atoms with van der Waals surface area (Å²) in [5, 5.41) is 0. The summed E-state index contributed by atoms with van der Waals surface area (Å²) in [7, 11) is 0. The molecule has 170 valence electrons. The first-order valence-electron chi connectivity index (χ1n) is 11.5. The van der Waals surface area contributed by atoms with Gasteiger partial charge in [0.15, 0.2) is 5.82 Å². The number of alkyl halides is 1. The molecule has 0 aliphatic heterocycles. The summed E-state index contributed by atoms with van der Waals surface area (Å²) >= 11 is 0. The lowest BCUT2D eigenvalue weighted by Gasteiger charge is -2.15. The molecule has 2 atom stereocenters. The Bertz CT molecular complexity index is 927. The van der Waals surface area contributed by atoms with Crippen LogP contribution in [0.2, 0.25) is 0 Å². The largest absolute Gasteiger partial charge is 0.494 e. The Morgan fingerprint density at radius 3 is 1.97 bits per heavy atom. The Labute approximate surface area is 190 Å². The van der Waals surface area contributed by atoms with Crippen molar-refractivity contribution in [3.05, 3.63) is 60.9 Å². The van der Waals surface area contributed by atoms with Crippen LogP contribution in [0.5, 0.6) is 11.5 Å². The van der Waals surface area contributed by atoms with Crippen LogP contribution in [0.3, 0.4) is 0 Å². The van der Waals surface area contributed by atoms with Gasteiger partial charge in [0.1, 0.15) is 24.3 Å². The molecule has 0 amide bonds. The average Bonchev–Trinajstić information content (AvgIpc) is 2.85. The lowest BCUT2D eigenvalue weighted by atomic mass is 10.0. The van der Waals surface area contributed by atoms with Gasteiger partial charge in [0.25, 0.3) is 0 Å². The van der Waals surface area contributed by atoms with E-state index in [1.54, 1.807) is 0 Å². The molecule has 4 nitrogen and oxygen atoms in total. The molecule has 5 heteroatoms. The van der Waals surface area contributed by atoms with E-state index >= 15 is 0 Å². The molecule has 0 saturated carbocycles. The van der Waals surface area contributed by atoms with Gasteiger partial charge in [-0.15, -0.1) is 0 Å². The third-order valence-corrected chi connectivity index (χ3v) is 5.64. The summed E-state index contributed by atoms with van der Waals surface area (Å²) in [5.41, 5.74) is 2.88. The minimum absolute atomic E-state index is 0.00397. The van der Waals surface area contributed by atoms with Crippen molar-refractivity contribution in [3.63, 3.8) is 0 Å². The van der Waals surface area contributed by atoms with Gasteiger partial charge in [0.2, 0.25) is 0 Å². The molecule has 0 spiro atoms. The first kappa shape index (κ1) is 23.7. The van der Waals surface area contributed by atoms with Gasteiger partial charge in [-0.3, -0.25) is 0 Å². The van der Waals surface area contributed by atoms with Crippen LogP contribution in [-0.4, -0.2) is 29.4 Å². The first-order valence-corrected chi connectivity index (χ1v) is 11.5. The Morgan fingerprint density at radius 1 is 0.781 bits per heavy atom. The van der Waals surface area contributed by atoms with Crippen molar-refractivity contribution in [2.75, 3.05) is 13.2 Å². The summed E-state index contributed by atoms with van der Waals surface area (Å²) in [6.07, 6.45) is 6.94. The Morgan fingerprint density at radius 2 is 1.38 bits per heavy atom. The summed E-state index contributed by atoms with van der Waals surface area (Å²) in [5.74, 6) is 2.16. The Kier molecular flexibility index (Phi) is 9.02. The van der Waals surface area contributed by atoms with Crippen molar-refractivity contribution in [2.45, 2.75) is 52.6 Å². The van der Waals surface area contributed by atoms with E-state index in [-0.39, 0.29) is 12.5 Å². The van der Waals surface area contributed by atoms with Gasteiger partial charge in [-0.1, -0.05) is 52.2 Å². The molecule has 0 saturated heterocycles. The zero-order chi connectivity index (χ0) is 22.8. The molecule has 2 aromatic carbocycles. The van der Waals surface area contributed by atoms with E-state index in [0.717, 1.165) is 41.9 Å². The second-order valence-electron chi connectivity index (χ2n) is 8.11. The average molecular weight is 437 g/mol. The van der Waals surface area contributed by atoms with Crippen LogP contribution in [0.1, 0.15) is 46.5 Å². The van der Waals surface area contributed by atoms with Gasteiger partial charge >= 0.3 is 0 Å². The van der Waals surface area contributed by atoms with Crippen molar-refractivity contribution >= 4 is 0 Å². The second-order valence-corrected chi connectivity index (χ2v) is 8.11. The predicted octanol–water partition coefficient (Wildman–Crippen LogP) is 7.14. The summed E-state index contributed by atoms with van der Waals surface area (Å²) < 4.78 is 25.3. The number of hydrogen-bond acceptors (Lipinski definition) is 4. The highest BCUT2D eigenvalue weighted by Crippen LogP contribution is 2.24. The van der Waals surface area contributed by atoms with Crippen LogP contribution in [-0.2, 0) is 0 Å². The lowest BCUT2D eigenvalue weighted by Crippen LogP contribution is -2.20. The summed E-state index contributed by atoms with van der Waals surface area (Å²) in [6.45, 7) is 6.89. The zero-order valence-corrected chi connectivity index (χ0v) is 19.3. The molecule has 0 fully saturated rings. The highest BCUT2D eigenvalue weighted by atomic mass is 19.1. The number of halogens is 1. The highest BCUT2D eigenvalue weighted by Gasteiger charge is 2.15. The molecule has 0 aliphatic carbocycles. The number of rotatable bonds is 12. The van der Waals surface area contributed by atoms with E-state index < -0.39 is 6.17 Å². The molecule has 0 aliphatic rings. The zero-order valence-electron chi connectivity index (χ0n) is 19.3. The number of hydrogen-bond donors (Lipinski definition) is 0. The standard InChI is InChI=1S/C27H33FN2O2/c1-4-6-7-16-31-24-12-8-21(9-13-24)23-17-29-27(30-18-23)22-10-14-25(15-11-22)32-19-26(28)20(3)5-2/h8-15,17-18,20,26H,4-7,16,19H2,1-3H3. The maximum Gasteiger partial charge on any atom is 0.159 e. The lowest BCUT2D eigenvalue weighted by molar-refractivity contribution is 0.145. The summed E-state index contributed by atoms with van der Waals surface area (Å²) in [6, 6.07) is 15.5. The van der Waals surface area contributed by atoms with E-state index in [9.17, 15) is 4.39 Å². The van der Waals surface area contributed by atoms with E-state index in [2.05, 4.69) is 16.9 Å². The van der Waals surface area contributed by atoms with E-state index in [4.69, 9.17) is 9.47 Å². The van der Waals surface area contributed by atoms with Gasteiger partial charge in [-0.2, -0.15) is 0 Å². The van der Waals surface area contributed by atoms with Gasteiger partial charge in [0, 0.05) is 23.5 Å². The number of benzene rings is 2. The predicted molar refractivity (Wildman–Crippen MR) is 128 cm³/mol. The molecule has 1 heterocycles. The third-order valence-electron chi connectivity index (χ3n) is 5.64. The molecular formula is C27H33FN2O2. The molecule has 0 N–H and O–H groups in total. The van der Waals surface area contributed by atoms with E-state index in [0.29, 0.717) is 11.6 Å². The van der Waals surface area contributed by atoms with Gasteiger partial charge in [-0.05, 0) is 54.3 Å². The van der Waals surface area contributed by atoms with E-state index in [1.807, 2.05) is 74.8 Å². The van der Waals surface area contributed by atoms with Crippen LogP contribution < -0.4 is 9.47 Å². The molecule has 3 rings (SSSR count). The van der Waals surface area contributed by atoms with E-state index in [1.165, 1.54) is 12.8 Å². The third kappa shape index (κ3) is 6.78. The normalized spacial score (nSPS) is 12.9. The van der Waals surface area contributed by atoms with Crippen molar-refractivity contribution in [1.29, 1.82) is 0 Å². The maximum atomic E-state index is 14.0. The molecule has 1 aromatic heterocycles. The van der Waals surface area contributed by atoms with Crippen LogP contribution in [0.4, 0.5) is 4.39 Å². The van der Waals surface area contributed by atoms with Crippen LogP contribution in [0.15, 0.2) is 60.9 Å². The Balaban J connectivity index is 1.57. The van der Waals surface area contributed by atoms with Crippen LogP contribution in [0.25, 0.3) is 22.5 Å². The van der Waals surface area contributed by atoms with Gasteiger partial charge in [0.05, 0.1) is 6.61 Å². The number of nitrogens with zero attached hydrogens (tertiary/aromatic N) is 2. The quantitative estimate of drug-likeness (QED) is 0.283. The number of unbranched alkanes of at least 4 members (excludes halogenated alkanes) is 2.